The molecular formula is C13H18ClN3OS. The van der Waals surface area contributed by atoms with E-state index >= 15 is 0 Å². The molecule has 1 fully saturated rings. The fourth-order valence-electron chi connectivity index (χ4n) is 2.03. The Morgan fingerprint density at radius 3 is 3.05 bits per heavy atom. The maximum absolute atomic E-state index is 6.19. The van der Waals surface area contributed by atoms with Crippen LogP contribution >= 0.6 is 23.8 Å². The Kier molecular flexibility index (Phi) is 4.99. The molecule has 1 aromatic carbocycles. The third-order valence-corrected chi connectivity index (χ3v) is 3.66. The average Bonchev–Trinajstić information content (AvgIpc) is 2.37. The highest BCUT2D eigenvalue weighted by Crippen LogP contribution is 2.23. The van der Waals surface area contributed by atoms with Crippen molar-refractivity contribution >= 4 is 34.5 Å². The van der Waals surface area contributed by atoms with Gasteiger partial charge in [-0.3, -0.25) is 0 Å². The first-order valence-electron chi connectivity index (χ1n) is 6.19. The van der Waals surface area contributed by atoms with Crippen LogP contribution in [0.25, 0.3) is 0 Å². The zero-order valence-corrected chi connectivity index (χ0v) is 12.4. The number of nitrogens with two attached hydrogens (primary N) is 1. The van der Waals surface area contributed by atoms with Crippen molar-refractivity contribution in [2.24, 2.45) is 5.73 Å². The predicted molar refractivity (Wildman–Crippen MR) is 83.1 cm³/mol. The van der Waals surface area contributed by atoms with E-state index in [2.05, 4.69) is 17.3 Å². The van der Waals surface area contributed by atoms with Crippen LogP contribution in [-0.2, 0) is 4.74 Å². The molecule has 1 aliphatic heterocycles. The first kappa shape index (κ1) is 14.5. The maximum atomic E-state index is 6.19. The smallest absolute Gasteiger partial charge is 0.104 e. The third-order valence-electron chi connectivity index (χ3n) is 3.12. The fourth-order valence-corrected chi connectivity index (χ4v) is 2.40. The number of hydrogen-bond acceptors (Lipinski definition) is 4. The molecule has 0 saturated carbocycles. The number of morpholine rings is 1. The largest absolute Gasteiger partial charge is 0.389 e. The molecule has 4 nitrogen and oxygen atoms in total. The van der Waals surface area contributed by atoms with Gasteiger partial charge in [-0.25, -0.2) is 0 Å². The van der Waals surface area contributed by atoms with Crippen LogP contribution in [0.2, 0.25) is 5.02 Å². The van der Waals surface area contributed by atoms with Crippen molar-refractivity contribution in [1.82, 2.24) is 4.90 Å². The van der Waals surface area contributed by atoms with Crippen LogP contribution in [0.3, 0.4) is 0 Å². The number of benzene rings is 1. The van der Waals surface area contributed by atoms with E-state index in [0.29, 0.717) is 10.0 Å². The number of hydrogen-bond donors (Lipinski definition) is 2. The van der Waals surface area contributed by atoms with Crippen LogP contribution in [0.4, 0.5) is 5.69 Å². The normalized spacial score (nSPS) is 20.2. The number of anilines is 1. The van der Waals surface area contributed by atoms with E-state index in [0.717, 1.165) is 37.5 Å². The molecule has 1 aromatic rings. The first-order chi connectivity index (χ1) is 9.06. The van der Waals surface area contributed by atoms with E-state index in [4.69, 9.17) is 34.3 Å². The van der Waals surface area contributed by atoms with Crippen LogP contribution < -0.4 is 11.1 Å². The molecule has 0 bridgehead atoms. The van der Waals surface area contributed by atoms with Gasteiger partial charge in [0, 0.05) is 25.2 Å². The highest BCUT2D eigenvalue weighted by molar-refractivity contribution is 7.80. The van der Waals surface area contributed by atoms with Crippen LogP contribution in [-0.4, -0.2) is 49.3 Å². The summed E-state index contributed by atoms with van der Waals surface area (Å²) in [5.74, 6) is 0. The zero-order valence-electron chi connectivity index (χ0n) is 10.9. The summed E-state index contributed by atoms with van der Waals surface area (Å²) < 4.78 is 5.68. The Hall–Kier alpha value is -0.880. The average molecular weight is 300 g/mol. The first-order valence-corrected chi connectivity index (χ1v) is 6.98. The standard InChI is InChI=1S/C13H18ClN3OS/c1-17-4-5-18-10(8-17)7-16-12-3-2-9(13(15)19)6-11(12)14/h2-3,6,10,16H,4-5,7-8H2,1H3,(H2,15,19). The van der Waals surface area contributed by atoms with E-state index in [1.54, 1.807) is 6.07 Å². The summed E-state index contributed by atoms with van der Waals surface area (Å²) in [6.07, 6.45) is 0.185. The van der Waals surface area contributed by atoms with Crippen molar-refractivity contribution in [3.8, 4) is 0 Å². The topological polar surface area (TPSA) is 50.5 Å². The monoisotopic (exact) mass is 299 g/mol. The summed E-state index contributed by atoms with van der Waals surface area (Å²) in [6, 6.07) is 5.54. The molecule has 0 radical (unpaired) electrons. The molecule has 0 aliphatic carbocycles. The van der Waals surface area contributed by atoms with Gasteiger partial charge in [-0.15, -0.1) is 0 Å². The van der Waals surface area contributed by atoms with E-state index in [-0.39, 0.29) is 6.10 Å². The molecule has 104 valence electrons. The van der Waals surface area contributed by atoms with Crippen molar-refractivity contribution in [2.45, 2.75) is 6.10 Å². The minimum atomic E-state index is 0.185. The van der Waals surface area contributed by atoms with Crippen molar-refractivity contribution < 1.29 is 4.74 Å². The Labute approximate surface area is 123 Å². The summed E-state index contributed by atoms with van der Waals surface area (Å²) in [4.78, 5) is 2.61. The van der Waals surface area contributed by atoms with Crippen LogP contribution in [0.1, 0.15) is 5.56 Å². The Morgan fingerprint density at radius 1 is 1.63 bits per heavy atom. The quantitative estimate of drug-likeness (QED) is 0.829. The Bertz CT molecular complexity index is 469. The molecule has 0 amide bonds. The summed E-state index contributed by atoms with van der Waals surface area (Å²) in [5, 5.41) is 3.92. The number of likely N-dealkylation sites (N-methyl/N-ethyl adjacent to an activating group) is 1. The Morgan fingerprint density at radius 2 is 2.42 bits per heavy atom. The summed E-state index contributed by atoms with van der Waals surface area (Å²) in [5.41, 5.74) is 7.22. The van der Waals surface area contributed by atoms with Gasteiger partial charge in [0.05, 0.1) is 23.4 Å². The second-order valence-corrected chi connectivity index (χ2v) is 5.54. The fraction of sp³-hybridized carbons (Fsp3) is 0.462. The molecule has 6 heteroatoms. The lowest BCUT2D eigenvalue weighted by molar-refractivity contribution is -0.0117. The second-order valence-electron chi connectivity index (χ2n) is 4.69. The predicted octanol–water partition coefficient (Wildman–Crippen LogP) is 1.72. The number of ether oxygens (including phenoxy) is 1. The van der Waals surface area contributed by atoms with Crippen molar-refractivity contribution in [2.75, 3.05) is 38.6 Å². The van der Waals surface area contributed by atoms with Gasteiger partial charge < -0.3 is 20.7 Å². The minimum absolute atomic E-state index is 0.185. The lowest BCUT2D eigenvalue weighted by Gasteiger charge is -2.30. The SMILES string of the molecule is CN1CCOC(CNc2ccc(C(N)=S)cc2Cl)C1. The van der Waals surface area contributed by atoms with Crippen LogP contribution in [0.5, 0.6) is 0 Å². The van der Waals surface area contributed by atoms with E-state index < -0.39 is 0 Å². The molecule has 0 spiro atoms. The van der Waals surface area contributed by atoms with Crippen LogP contribution in [0, 0.1) is 0 Å². The number of nitrogens with zero attached hydrogens (tertiary/aromatic N) is 1. The number of rotatable bonds is 4. The zero-order chi connectivity index (χ0) is 13.8. The molecule has 1 saturated heterocycles. The summed E-state index contributed by atoms with van der Waals surface area (Å²) in [7, 11) is 2.10. The van der Waals surface area contributed by atoms with Gasteiger partial charge in [0.1, 0.15) is 4.99 Å². The number of halogens is 1. The van der Waals surface area contributed by atoms with Crippen molar-refractivity contribution in [1.29, 1.82) is 0 Å². The lowest BCUT2D eigenvalue weighted by Crippen LogP contribution is -2.43. The van der Waals surface area contributed by atoms with Crippen LogP contribution in [0.15, 0.2) is 18.2 Å². The summed E-state index contributed by atoms with van der Waals surface area (Å²) >= 11 is 11.1. The van der Waals surface area contributed by atoms with Gasteiger partial charge in [-0.1, -0.05) is 23.8 Å². The number of thiocarbonyl (C=S) groups is 1. The van der Waals surface area contributed by atoms with E-state index in [9.17, 15) is 0 Å². The van der Waals surface area contributed by atoms with Crippen molar-refractivity contribution in [3.05, 3.63) is 28.8 Å². The van der Waals surface area contributed by atoms with Gasteiger partial charge in [0.2, 0.25) is 0 Å². The van der Waals surface area contributed by atoms with Crippen molar-refractivity contribution in [3.63, 3.8) is 0 Å². The molecule has 1 atom stereocenters. The van der Waals surface area contributed by atoms with Gasteiger partial charge in [-0.05, 0) is 25.2 Å². The lowest BCUT2D eigenvalue weighted by atomic mass is 10.2. The molecule has 1 heterocycles. The van der Waals surface area contributed by atoms with E-state index in [1.165, 1.54) is 0 Å². The van der Waals surface area contributed by atoms with Gasteiger partial charge in [0.15, 0.2) is 0 Å². The second kappa shape index (κ2) is 6.52. The molecule has 1 aliphatic rings. The molecule has 2 rings (SSSR count). The van der Waals surface area contributed by atoms with E-state index in [1.807, 2.05) is 12.1 Å². The highest BCUT2D eigenvalue weighted by atomic mass is 35.5. The summed E-state index contributed by atoms with van der Waals surface area (Å²) in [6.45, 7) is 3.42. The van der Waals surface area contributed by atoms with Gasteiger partial charge in [-0.2, -0.15) is 0 Å². The number of nitrogens with one attached hydrogen (secondary N) is 1. The third kappa shape index (κ3) is 4.04. The Balaban J connectivity index is 1.94. The molecule has 1 unspecified atom stereocenters. The molecule has 19 heavy (non-hydrogen) atoms. The minimum Gasteiger partial charge on any atom is -0.389 e. The van der Waals surface area contributed by atoms with Gasteiger partial charge >= 0.3 is 0 Å². The molecular weight excluding hydrogens is 282 g/mol. The maximum Gasteiger partial charge on any atom is 0.104 e. The highest BCUT2D eigenvalue weighted by Gasteiger charge is 2.17. The molecule has 0 aromatic heterocycles. The van der Waals surface area contributed by atoms with Gasteiger partial charge in [0.25, 0.3) is 0 Å². The molecule has 3 N–H and O–H groups in total.